The zero-order valence-corrected chi connectivity index (χ0v) is 13.4. The van der Waals surface area contributed by atoms with Gasteiger partial charge >= 0.3 is 0 Å². The Morgan fingerprint density at radius 3 is 2.90 bits per heavy atom. The van der Waals surface area contributed by atoms with Crippen molar-refractivity contribution in [2.24, 2.45) is 0 Å². The molecule has 0 amide bonds. The van der Waals surface area contributed by atoms with Crippen molar-refractivity contribution in [3.05, 3.63) is 28.8 Å². The van der Waals surface area contributed by atoms with Gasteiger partial charge in [-0.2, -0.15) is 17.0 Å². The summed E-state index contributed by atoms with van der Waals surface area (Å²) >= 11 is 8.06. The minimum absolute atomic E-state index is 0.0184. The average molecular weight is 324 g/mol. The van der Waals surface area contributed by atoms with Crippen molar-refractivity contribution in [2.75, 3.05) is 18.1 Å². The fourth-order valence-electron chi connectivity index (χ4n) is 3.03. The van der Waals surface area contributed by atoms with E-state index in [0.29, 0.717) is 10.6 Å². The van der Waals surface area contributed by atoms with Crippen LogP contribution in [0.3, 0.4) is 0 Å². The van der Waals surface area contributed by atoms with Gasteiger partial charge in [-0.1, -0.05) is 11.6 Å². The predicted molar refractivity (Wildman–Crippen MR) is 85.1 cm³/mol. The molecule has 0 radical (unpaired) electrons. The molecule has 21 heavy (non-hydrogen) atoms. The molecule has 1 aromatic rings. The molecule has 3 rings (SSSR count). The molecule has 1 unspecified atom stereocenters. The number of rotatable bonds is 2. The predicted octanol–water partition coefficient (Wildman–Crippen LogP) is 4.04. The standard InChI is InChI=1S/C16H18ClNO2S/c17-15-9-13(2-1-12(15)11-18)20-14-3-6-19-16(10-14)4-7-21-8-5-16/h1-2,9,14H,3-8,10H2. The quantitative estimate of drug-likeness (QED) is 0.824. The Balaban J connectivity index is 1.67. The summed E-state index contributed by atoms with van der Waals surface area (Å²) in [6.45, 7) is 0.763. The first-order chi connectivity index (χ1) is 10.2. The molecule has 5 heteroatoms. The molecule has 0 bridgehead atoms. The molecule has 2 fully saturated rings. The maximum Gasteiger partial charge on any atom is 0.121 e. The van der Waals surface area contributed by atoms with Crippen molar-refractivity contribution in [2.45, 2.75) is 37.4 Å². The van der Waals surface area contributed by atoms with Gasteiger partial charge in [0.05, 0.1) is 22.8 Å². The minimum atomic E-state index is 0.0184. The molecule has 2 heterocycles. The Bertz CT molecular complexity index is 546. The molecule has 0 N–H and O–H groups in total. The van der Waals surface area contributed by atoms with E-state index in [1.165, 1.54) is 11.5 Å². The smallest absolute Gasteiger partial charge is 0.121 e. The summed E-state index contributed by atoms with van der Waals surface area (Å²) in [7, 11) is 0. The lowest BCUT2D eigenvalue weighted by Crippen LogP contribution is -2.46. The fourth-order valence-corrected chi connectivity index (χ4v) is 4.48. The van der Waals surface area contributed by atoms with Crippen LogP contribution in [0.25, 0.3) is 0 Å². The molecule has 2 saturated heterocycles. The van der Waals surface area contributed by atoms with Gasteiger partial charge in [-0.25, -0.2) is 0 Å². The van der Waals surface area contributed by atoms with E-state index in [4.69, 9.17) is 26.3 Å². The third-order valence-electron chi connectivity index (χ3n) is 4.22. The van der Waals surface area contributed by atoms with Gasteiger partial charge in [-0.05, 0) is 36.5 Å². The molecule has 1 aromatic carbocycles. The number of thioether (sulfide) groups is 1. The van der Waals surface area contributed by atoms with Crippen molar-refractivity contribution in [1.29, 1.82) is 5.26 Å². The molecule has 0 aliphatic carbocycles. The highest BCUT2D eigenvalue weighted by Crippen LogP contribution is 2.38. The van der Waals surface area contributed by atoms with Crippen molar-refractivity contribution < 1.29 is 9.47 Å². The first-order valence-electron chi connectivity index (χ1n) is 7.29. The first-order valence-corrected chi connectivity index (χ1v) is 8.82. The van der Waals surface area contributed by atoms with Crippen LogP contribution in [0.2, 0.25) is 5.02 Å². The van der Waals surface area contributed by atoms with Crippen LogP contribution in [0.4, 0.5) is 0 Å². The highest BCUT2D eigenvalue weighted by molar-refractivity contribution is 7.99. The monoisotopic (exact) mass is 323 g/mol. The number of nitrogens with zero attached hydrogens (tertiary/aromatic N) is 1. The molecule has 112 valence electrons. The second kappa shape index (κ2) is 6.48. The SMILES string of the molecule is N#Cc1ccc(OC2CCOC3(CCSCC3)C2)cc1Cl. The molecule has 1 atom stereocenters. The summed E-state index contributed by atoms with van der Waals surface area (Å²) in [6.07, 6.45) is 4.26. The second-order valence-corrected chi connectivity index (χ2v) is 7.26. The van der Waals surface area contributed by atoms with Gasteiger partial charge in [0.1, 0.15) is 17.9 Å². The van der Waals surface area contributed by atoms with Crippen LogP contribution < -0.4 is 4.74 Å². The molecule has 3 nitrogen and oxygen atoms in total. The van der Waals surface area contributed by atoms with Crippen LogP contribution in [0.1, 0.15) is 31.2 Å². The number of halogens is 1. The Morgan fingerprint density at radius 2 is 2.19 bits per heavy atom. The lowest BCUT2D eigenvalue weighted by Gasteiger charge is -2.43. The lowest BCUT2D eigenvalue weighted by atomic mass is 9.86. The summed E-state index contributed by atoms with van der Waals surface area (Å²) in [4.78, 5) is 0. The summed E-state index contributed by atoms with van der Waals surface area (Å²) in [6, 6.07) is 7.33. The maximum atomic E-state index is 8.90. The van der Waals surface area contributed by atoms with Gasteiger partial charge in [-0.3, -0.25) is 0 Å². The molecule has 2 aliphatic heterocycles. The van der Waals surface area contributed by atoms with Crippen LogP contribution in [-0.2, 0) is 4.74 Å². The van der Waals surface area contributed by atoms with E-state index in [9.17, 15) is 0 Å². The number of hydrogen-bond donors (Lipinski definition) is 0. The zero-order chi connectivity index (χ0) is 14.7. The maximum absolute atomic E-state index is 8.90. The average Bonchev–Trinajstić information content (AvgIpc) is 2.48. The Hall–Kier alpha value is -0.890. The van der Waals surface area contributed by atoms with Crippen LogP contribution >= 0.6 is 23.4 Å². The highest BCUT2D eigenvalue weighted by Gasteiger charge is 2.39. The third-order valence-corrected chi connectivity index (χ3v) is 5.51. The summed E-state index contributed by atoms with van der Waals surface area (Å²) < 4.78 is 12.2. The van der Waals surface area contributed by atoms with Gasteiger partial charge in [-0.15, -0.1) is 0 Å². The minimum Gasteiger partial charge on any atom is -0.490 e. The van der Waals surface area contributed by atoms with Crippen molar-refractivity contribution in [3.8, 4) is 11.8 Å². The molecule has 0 saturated carbocycles. The number of benzene rings is 1. The van der Waals surface area contributed by atoms with Crippen molar-refractivity contribution >= 4 is 23.4 Å². The Kier molecular flexibility index (Phi) is 4.63. The van der Waals surface area contributed by atoms with E-state index >= 15 is 0 Å². The lowest BCUT2D eigenvalue weighted by molar-refractivity contribution is -0.116. The molecular formula is C16H18ClNO2S. The second-order valence-electron chi connectivity index (χ2n) is 5.63. The number of hydrogen-bond acceptors (Lipinski definition) is 4. The Morgan fingerprint density at radius 1 is 1.38 bits per heavy atom. The van der Waals surface area contributed by atoms with E-state index in [0.717, 1.165) is 38.0 Å². The highest BCUT2D eigenvalue weighted by atomic mass is 35.5. The van der Waals surface area contributed by atoms with E-state index in [2.05, 4.69) is 6.07 Å². The van der Waals surface area contributed by atoms with E-state index in [-0.39, 0.29) is 11.7 Å². The molecule has 2 aliphatic rings. The van der Waals surface area contributed by atoms with Crippen LogP contribution in [0.15, 0.2) is 18.2 Å². The summed E-state index contributed by atoms with van der Waals surface area (Å²) in [5.41, 5.74) is 0.502. The van der Waals surface area contributed by atoms with Gasteiger partial charge < -0.3 is 9.47 Å². The van der Waals surface area contributed by atoms with Crippen LogP contribution in [-0.4, -0.2) is 29.8 Å². The van der Waals surface area contributed by atoms with Gasteiger partial charge in [0.2, 0.25) is 0 Å². The van der Waals surface area contributed by atoms with Gasteiger partial charge in [0.15, 0.2) is 0 Å². The van der Waals surface area contributed by atoms with Crippen LogP contribution in [0, 0.1) is 11.3 Å². The molecular weight excluding hydrogens is 306 g/mol. The first kappa shape index (κ1) is 15.0. The van der Waals surface area contributed by atoms with Crippen molar-refractivity contribution in [3.63, 3.8) is 0 Å². The number of nitriles is 1. The van der Waals surface area contributed by atoms with E-state index < -0.39 is 0 Å². The largest absolute Gasteiger partial charge is 0.490 e. The molecule has 1 spiro atoms. The van der Waals surface area contributed by atoms with Gasteiger partial charge in [0, 0.05) is 18.9 Å². The fraction of sp³-hybridized carbons (Fsp3) is 0.562. The van der Waals surface area contributed by atoms with Crippen LogP contribution in [0.5, 0.6) is 5.75 Å². The van der Waals surface area contributed by atoms with Gasteiger partial charge in [0.25, 0.3) is 0 Å². The van der Waals surface area contributed by atoms with E-state index in [1.807, 2.05) is 17.8 Å². The normalized spacial score (nSPS) is 24.5. The van der Waals surface area contributed by atoms with E-state index in [1.54, 1.807) is 12.1 Å². The summed E-state index contributed by atoms with van der Waals surface area (Å²) in [5.74, 6) is 3.09. The third kappa shape index (κ3) is 3.48. The zero-order valence-electron chi connectivity index (χ0n) is 11.8. The topological polar surface area (TPSA) is 42.2 Å². The molecule has 0 aromatic heterocycles. The van der Waals surface area contributed by atoms with Crippen molar-refractivity contribution in [1.82, 2.24) is 0 Å². The Labute approximate surface area is 134 Å². The summed E-state index contributed by atoms with van der Waals surface area (Å²) in [5, 5.41) is 9.35. The number of ether oxygens (including phenoxy) is 2.